The van der Waals surface area contributed by atoms with Gasteiger partial charge >= 0.3 is 0 Å². The number of hydrogen-bond donors (Lipinski definition) is 1. The second-order valence-corrected chi connectivity index (χ2v) is 11.5. The van der Waals surface area contributed by atoms with Crippen LogP contribution in [-0.4, -0.2) is 51.4 Å². The Hall–Kier alpha value is -3.63. The Balaban J connectivity index is 2.05. The number of rotatable bonds is 12. The van der Waals surface area contributed by atoms with Crippen LogP contribution in [-0.2, 0) is 26.2 Å². The summed E-state index contributed by atoms with van der Waals surface area (Å²) >= 11 is 6.32. The van der Waals surface area contributed by atoms with Crippen molar-refractivity contribution in [1.29, 1.82) is 0 Å². The van der Waals surface area contributed by atoms with Gasteiger partial charge in [0.05, 0.1) is 22.7 Å². The minimum Gasteiger partial charge on any atom is -0.495 e. The Morgan fingerprint density at radius 1 is 1.05 bits per heavy atom. The number of carbonyl (C=O) groups is 2. The van der Waals surface area contributed by atoms with E-state index < -0.39 is 40.2 Å². The van der Waals surface area contributed by atoms with Gasteiger partial charge in [-0.05, 0) is 68.3 Å². The normalized spacial score (nSPS) is 11.9. The average molecular weight is 590 g/mol. The summed E-state index contributed by atoms with van der Waals surface area (Å²) in [7, 11) is -2.80. The summed E-state index contributed by atoms with van der Waals surface area (Å²) in [6.45, 7) is 5.06. The van der Waals surface area contributed by atoms with Crippen LogP contribution >= 0.6 is 11.6 Å². The van der Waals surface area contributed by atoms with E-state index in [1.54, 1.807) is 19.1 Å². The number of nitrogens with zero attached hydrogens (tertiary/aromatic N) is 2. The Kier molecular flexibility index (Phi) is 10.5. The number of amides is 2. The maximum Gasteiger partial charge on any atom is 0.264 e. The molecule has 3 rings (SSSR count). The lowest BCUT2D eigenvalue weighted by molar-refractivity contribution is -0.139. The Bertz CT molecular complexity index is 1430. The van der Waals surface area contributed by atoms with Crippen LogP contribution in [0.15, 0.2) is 71.6 Å². The molecule has 3 aromatic rings. The van der Waals surface area contributed by atoms with Crippen molar-refractivity contribution in [1.82, 2.24) is 10.2 Å². The number of nitrogens with one attached hydrogen (secondary N) is 1. The molecule has 0 saturated heterocycles. The first-order valence-electron chi connectivity index (χ1n) is 12.7. The van der Waals surface area contributed by atoms with Crippen LogP contribution in [0.4, 0.5) is 10.1 Å². The lowest BCUT2D eigenvalue weighted by Gasteiger charge is -2.32. The van der Waals surface area contributed by atoms with E-state index in [1.807, 2.05) is 13.8 Å². The molecule has 0 spiro atoms. The molecule has 8 nitrogen and oxygen atoms in total. The Labute approximate surface area is 239 Å². The van der Waals surface area contributed by atoms with Crippen LogP contribution < -0.4 is 14.4 Å². The molecule has 0 aliphatic rings. The van der Waals surface area contributed by atoms with Gasteiger partial charge in [0.2, 0.25) is 11.8 Å². The first-order chi connectivity index (χ1) is 19.0. The van der Waals surface area contributed by atoms with Gasteiger partial charge in [0.25, 0.3) is 10.0 Å². The van der Waals surface area contributed by atoms with Gasteiger partial charge in [-0.25, -0.2) is 12.8 Å². The maximum absolute atomic E-state index is 13.9. The molecule has 0 fully saturated rings. The van der Waals surface area contributed by atoms with Crippen LogP contribution in [0, 0.1) is 12.7 Å². The van der Waals surface area contributed by atoms with E-state index in [4.69, 9.17) is 16.3 Å². The van der Waals surface area contributed by atoms with Crippen molar-refractivity contribution in [3.05, 3.63) is 88.7 Å². The van der Waals surface area contributed by atoms with Crippen molar-refractivity contribution in [2.45, 2.75) is 44.7 Å². The zero-order valence-electron chi connectivity index (χ0n) is 22.9. The number of anilines is 1. The standard InChI is InChI=1S/C29H33ClFN3O5S/c1-5-16-32-29(36)21(3)33(18-22-8-10-23(31)11-9-22)28(35)19-34(24-12-15-27(39-4)26(30)17-24)40(37,38)25-13-6-20(2)7-14-25/h6-15,17,21H,5,16,18-19H2,1-4H3,(H,32,36). The first-order valence-corrected chi connectivity index (χ1v) is 14.5. The molecule has 214 valence electrons. The topological polar surface area (TPSA) is 96.0 Å². The number of hydrogen-bond acceptors (Lipinski definition) is 5. The summed E-state index contributed by atoms with van der Waals surface area (Å²) < 4.78 is 47.4. The minimum absolute atomic E-state index is 0.0170. The van der Waals surface area contributed by atoms with E-state index in [2.05, 4.69) is 5.32 Å². The van der Waals surface area contributed by atoms with Crippen molar-refractivity contribution in [3.8, 4) is 5.75 Å². The molecule has 40 heavy (non-hydrogen) atoms. The van der Waals surface area contributed by atoms with Crippen LogP contribution in [0.2, 0.25) is 5.02 Å². The number of aryl methyl sites for hydroxylation is 1. The summed E-state index contributed by atoms with van der Waals surface area (Å²) in [4.78, 5) is 28.0. The van der Waals surface area contributed by atoms with Gasteiger partial charge < -0.3 is 15.0 Å². The van der Waals surface area contributed by atoms with Crippen LogP contribution in [0.5, 0.6) is 5.75 Å². The lowest BCUT2D eigenvalue weighted by atomic mass is 10.1. The molecule has 2 amide bonds. The summed E-state index contributed by atoms with van der Waals surface area (Å²) in [5.74, 6) is -1.13. The third-order valence-corrected chi connectivity index (χ3v) is 8.38. The van der Waals surface area contributed by atoms with Gasteiger partial charge in [-0.3, -0.25) is 13.9 Å². The number of sulfonamides is 1. The van der Waals surface area contributed by atoms with E-state index in [-0.39, 0.29) is 22.2 Å². The van der Waals surface area contributed by atoms with Gasteiger partial charge in [-0.15, -0.1) is 0 Å². The summed E-state index contributed by atoms with van der Waals surface area (Å²) in [6.07, 6.45) is 0.700. The number of ether oxygens (including phenoxy) is 1. The molecule has 0 aromatic heterocycles. The molecule has 0 heterocycles. The van der Waals surface area contributed by atoms with Gasteiger partial charge in [0, 0.05) is 13.1 Å². The van der Waals surface area contributed by atoms with E-state index >= 15 is 0 Å². The Morgan fingerprint density at radius 2 is 1.70 bits per heavy atom. The van der Waals surface area contributed by atoms with Crippen LogP contribution in [0.1, 0.15) is 31.4 Å². The molecular formula is C29H33ClFN3O5S. The minimum atomic E-state index is -4.24. The molecule has 0 bridgehead atoms. The molecule has 11 heteroatoms. The largest absolute Gasteiger partial charge is 0.495 e. The molecule has 0 aliphatic carbocycles. The molecular weight excluding hydrogens is 557 g/mol. The fraction of sp³-hybridized carbons (Fsp3) is 0.310. The molecule has 0 aliphatic heterocycles. The fourth-order valence-corrected chi connectivity index (χ4v) is 5.60. The Morgan fingerprint density at radius 3 is 2.27 bits per heavy atom. The number of benzene rings is 3. The number of halogens is 2. The highest BCUT2D eigenvalue weighted by atomic mass is 35.5. The fourth-order valence-electron chi connectivity index (χ4n) is 3.94. The van der Waals surface area contributed by atoms with Crippen molar-refractivity contribution >= 4 is 39.1 Å². The summed E-state index contributed by atoms with van der Waals surface area (Å²) in [5.41, 5.74) is 1.58. The summed E-state index contributed by atoms with van der Waals surface area (Å²) in [5, 5.41) is 2.93. The third-order valence-electron chi connectivity index (χ3n) is 6.29. The van der Waals surface area contributed by atoms with E-state index in [9.17, 15) is 22.4 Å². The zero-order chi connectivity index (χ0) is 29.4. The summed E-state index contributed by atoms with van der Waals surface area (Å²) in [6, 6.07) is 15.3. The lowest BCUT2D eigenvalue weighted by Crippen LogP contribution is -2.51. The van der Waals surface area contributed by atoms with Crippen molar-refractivity contribution in [3.63, 3.8) is 0 Å². The predicted molar refractivity (Wildman–Crippen MR) is 153 cm³/mol. The van der Waals surface area contributed by atoms with Gasteiger partial charge in [0.15, 0.2) is 0 Å². The highest BCUT2D eigenvalue weighted by molar-refractivity contribution is 7.92. The average Bonchev–Trinajstić information content (AvgIpc) is 2.93. The van der Waals surface area contributed by atoms with Gasteiger partial charge in [-0.1, -0.05) is 48.4 Å². The SMILES string of the molecule is CCCNC(=O)C(C)N(Cc1ccc(F)cc1)C(=O)CN(c1ccc(OC)c(Cl)c1)S(=O)(=O)c1ccc(C)cc1. The monoisotopic (exact) mass is 589 g/mol. The molecule has 0 radical (unpaired) electrons. The highest BCUT2D eigenvalue weighted by Crippen LogP contribution is 2.32. The molecule has 3 aromatic carbocycles. The molecule has 0 saturated carbocycles. The predicted octanol–water partition coefficient (Wildman–Crippen LogP) is 4.93. The first kappa shape index (κ1) is 30.9. The van der Waals surface area contributed by atoms with Gasteiger partial charge in [-0.2, -0.15) is 0 Å². The molecule has 1 unspecified atom stereocenters. The van der Waals surface area contributed by atoms with Gasteiger partial charge in [0.1, 0.15) is 24.2 Å². The zero-order valence-corrected chi connectivity index (χ0v) is 24.4. The van der Waals surface area contributed by atoms with E-state index in [0.717, 1.165) is 9.87 Å². The van der Waals surface area contributed by atoms with E-state index in [1.165, 1.54) is 66.6 Å². The maximum atomic E-state index is 13.9. The number of methoxy groups -OCH3 is 1. The van der Waals surface area contributed by atoms with Crippen molar-refractivity contribution in [2.24, 2.45) is 0 Å². The van der Waals surface area contributed by atoms with E-state index in [0.29, 0.717) is 24.3 Å². The quantitative estimate of drug-likeness (QED) is 0.323. The smallest absolute Gasteiger partial charge is 0.264 e. The number of carbonyl (C=O) groups excluding carboxylic acids is 2. The third kappa shape index (κ3) is 7.51. The second kappa shape index (κ2) is 13.6. The van der Waals surface area contributed by atoms with Crippen molar-refractivity contribution < 1.29 is 27.1 Å². The van der Waals surface area contributed by atoms with Crippen LogP contribution in [0.3, 0.4) is 0 Å². The molecule has 1 atom stereocenters. The second-order valence-electron chi connectivity index (χ2n) is 9.26. The molecule has 1 N–H and O–H groups in total. The highest BCUT2D eigenvalue weighted by Gasteiger charge is 2.32. The van der Waals surface area contributed by atoms with Crippen molar-refractivity contribution in [2.75, 3.05) is 24.5 Å². The van der Waals surface area contributed by atoms with Crippen LogP contribution in [0.25, 0.3) is 0 Å².